The van der Waals surface area contributed by atoms with Crippen molar-refractivity contribution in [2.75, 3.05) is 6.54 Å². The molecule has 0 bridgehead atoms. The Hall–Kier alpha value is -0.710. The second-order valence-corrected chi connectivity index (χ2v) is 4.71. The Kier molecular flexibility index (Phi) is 4.25. The van der Waals surface area contributed by atoms with E-state index in [1.54, 1.807) is 0 Å². The first kappa shape index (κ1) is 11.4. The van der Waals surface area contributed by atoms with Gasteiger partial charge in [0.25, 0.3) is 0 Å². The summed E-state index contributed by atoms with van der Waals surface area (Å²) in [4.78, 5) is 0.797. The molecule has 0 fully saturated rings. The van der Waals surface area contributed by atoms with Gasteiger partial charge in [0, 0.05) is 12.6 Å². The van der Waals surface area contributed by atoms with Crippen molar-refractivity contribution in [2.24, 2.45) is 5.73 Å². The van der Waals surface area contributed by atoms with Crippen LogP contribution >= 0.6 is 0 Å². The first-order valence-electron chi connectivity index (χ1n) is 4.57. The lowest BCUT2D eigenvalue weighted by molar-refractivity contribution is 0.656. The highest BCUT2D eigenvalue weighted by Gasteiger charge is 2.03. The van der Waals surface area contributed by atoms with Gasteiger partial charge in [0.15, 0.2) is 0 Å². The van der Waals surface area contributed by atoms with Crippen molar-refractivity contribution in [2.45, 2.75) is 24.8 Å². The number of hydrogen-bond acceptors (Lipinski definition) is 2. The highest BCUT2D eigenvalue weighted by molar-refractivity contribution is 7.83. The number of nitrogens with two attached hydrogens (primary N) is 1. The van der Waals surface area contributed by atoms with Crippen molar-refractivity contribution in [1.82, 2.24) is 4.72 Å². The molecule has 0 heterocycles. The summed E-state index contributed by atoms with van der Waals surface area (Å²) in [5.74, 6) is 0. The molecule has 1 rings (SSSR count). The van der Waals surface area contributed by atoms with Gasteiger partial charge in [-0.15, -0.1) is 0 Å². The van der Waals surface area contributed by atoms with E-state index in [2.05, 4.69) is 4.72 Å². The molecule has 1 aromatic rings. The second kappa shape index (κ2) is 5.24. The standard InChI is InChI=1S/C10H16N2OS/c1-8-4-3-5-10(6-8)14(13)12-7-9(2)11/h3-6,9,12H,7,11H2,1-2H3. The summed E-state index contributed by atoms with van der Waals surface area (Å²) in [7, 11) is -1.14. The Labute approximate surface area is 87.3 Å². The van der Waals surface area contributed by atoms with Gasteiger partial charge in [-0.25, -0.2) is 8.93 Å². The van der Waals surface area contributed by atoms with Crippen LogP contribution in [0.25, 0.3) is 0 Å². The Morgan fingerprint density at radius 2 is 2.29 bits per heavy atom. The van der Waals surface area contributed by atoms with Crippen molar-refractivity contribution in [3.8, 4) is 0 Å². The fraction of sp³-hybridized carbons (Fsp3) is 0.400. The lowest BCUT2D eigenvalue weighted by Crippen LogP contribution is -2.32. The highest BCUT2D eigenvalue weighted by atomic mass is 32.2. The third kappa shape index (κ3) is 3.57. The third-order valence-electron chi connectivity index (χ3n) is 1.74. The van der Waals surface area contributed by atoms with Crippen LogP contribution in [0.15, 0.2) is 29.2 Å². The molecule has 0 saturated heterocycles. The molecule has 0 saturated carbocycles. The van der Waals surface area contributed by atoms with E-state index >= 15 is 0 Å². The van der Waals surface area contributed by atoms with Gasteiger partial charge in [-0.2, -0.15) is 0 Å². The molecule has 0 aromatic heterocycles. The van der Waals surface area contributed by atoms with E-state index in [0.717, 1.165) is 10.5 Å². The molecule has 2 atom stereocenters. The van der Waals surface area contributed by atoms with Gasteiger partial charge in [0.05, 0.1) is 4.90 Å². The minimum absolute atomic E-state index is 0.0174. The Balaban J connectivity index is 2.61. The number of rotatable bonds is 4. The van der Waals surface area contributed by atoms with Crippen LogP contribution in [0.5, 0.6) is 0 Å². The normalized spacial score (nSPS) is 15.1. The SMILES string of the molecule is Cc1cccc(S(=O)NCC(C)N)c1. The summed E-state index contributed by atoms with van der Waals surface area (Å²) in [6, 6.07) is 7.65. The fourth-order valence-corrected chi connectivity index (χ4v) is 2.10. The van der Waals surface area contributed by atoms with E-state index in [-0.39, 0.29) is 6.04 Å². The molecule has 0 amide bonds. The van der Waals surface area contributed by atoms with Crippen molar-refractivity contribution >= 4 is 11.0 Å². The van der Waals surface area contributed by atoms with E-state index in [1.165, 1.54) is 0 Å². The number of aryl methyl sites for hydroxylation is 1. The average molecular weight is 212 g/mol. The van der Waals surface area contributed by atoms with Crippen LogP contribution in [-0.2, 0) is 11.0 Å². The highest BCUT2D eigenvalue weighted by Crippen LogP contribution is 2.06. The van der Waals surface area contributed by atoms with Gasteiger partial charge >= 0.3 is 0 Å². The predicted octanol–water partition coefficient (Wildman–Crippen LogP) is 0.954. The smallest absolute Gasteiger partial charge is 0.124 e. The van der Waals surface area contributed by atoms with Gasteiger partial charge in [-0.05, 0) is 31.5 Å². The molecule has 78 valence electrons. The van der Waals surface area contributed by atoms with Crippen LogP contribution in [0.3, 0.4) is 0 Å². The van der Waals surface area contributed by atoms with Crippen LogP contribution in [-0.4, -0.2) is 16.8 Å². The first-order valence-corrected chi connectivity index (χ1v) is 5.72. The van der Waals surface area contributed by atoms with Crippen molar-refractivity contribution < 1.29 is 4.21 Å². The van der Waals surface area contributed by atoms with Gasteiger partial charge in [-0.3, -0.25) is 0 Å². The lowest BCUT2D eigenvalue weighted by atomic mass is 10.2. The van der Waals surface area contributed by atoms with E-state index in [9.17, 15) is 4.21 Å². The molecule has 0 aliphatic carbocycles. The van der Waals surface area contributed by atoms with Gasteiger partial charge in [0.2, 0.25) is 0 Å². The summed E-state index contributed by atoms with van der Waals surface area (Å²) in [6.07, 6.45) is 0. The minimum atomic E-state index is -1.14. The summed E-state index contributed by atoms with van der Waals surface area (Å²) in [5, 5.41) is 0. The topological polar surface area (TPSA) is 55.1 Å². The van der Waals surface area contributed by atoms with Crippen LogP contribution < -0.4 is 10.5 Å². The molecule has 2 unspecified atom stereocenters. The van der Waals surface area contributed by atoms with E-state index in [0.29, 0.717) is 6.54 Å². The molecule has 3 nitrogen and oxygen atoms in total. The Morgan fingerprint density at radius 3 is 2.86 bits per heavy atom. The molecule has 4 heteroatoms. The first-order chi connectivity index (χ1) is 6.59. The van der Waals surface area contributed by atoms with E-state index in [4.69, 9.17) is 5.73 Å². The molecule has 0 radical (unpaired) electrons. The van der Waals surface area contributed by atoms with Crippen LogP contribution in [0, 0.1) is 6.92 Å². The quantitative estimate of drug-likeness (QED) is 0.781. The maximum Gasteiger partial charge on any atom is 0.124 e. The zero-order chi connectivity index (χ0) is 10.6. The van der Waals surface area contributed by atoms with Crippen molar-refractivity contribution in [3.63, 3.8) is 0 Å². The largest absolute Gasteiger partial charge is 0.327 e. The van der Waals surface area contributed by atoms with Gasteiger partial charge in [0.1, 0.15) is 11.0 Å². The molecule has 14 heavy (non-hydrogen) atoms. The van der Waals surface area contributed by atoms with Crippen molar-refractivity contribution in [1.29, 1.82) is 0 Å². The van der Waals surface area contributed by atoms with E-state index < -0.39 is 11.0 Å². The monoisotopic (exact) mass is 212 g/mol. The summed E-state index contributed by atoms with van der Waals surface area (Å²) >= 11 is 0. The average Bonchev–Trinajstić information content (AvgIpc) is 2.14. The second-order valence-electron chi connectivity index (χ2n) is 3.41. The maximum absolute atomic E-state index is 11.6. The zero-order valence-electron chi connectivity index (χ0n) is 8.49. The maximum atomic E-state index is 11.6. The number of hydrogen-bond donors (Lipinski definition) is 2. The Bertz CT molecular complexity index is 326. The van der Waals surface area contributed by atoms with Crippen LogP contribution in [0.1, 0.15) is 12.5 Å². The van der Waals surface area contributed by atoms with Gasteiger partial charge < -0.3 is 5.73 Å². The molecule has 0 aliphatic rings. The lowest BCUT2D eigenvalue weighted by Gasteiger charge is -2.07. The summed E-state index contributed by atoms with van der Waals surface area (Å²) < 4.78 is 14.5. The molecule has 3 N–H and O–H groups in total. The number of benzene rings is 1. The molecule has 0 aliphatic heterocycles. The van der Waals surface area contributed by atoms with Crippen LogP contribution in [0.4, 0.5) is 0 Å². The summed E-state index contributed by atoms with van der Waals surface area (Å²) in [6.45, 7) is 4.41. The number of nitrogens with one attached hydrogen (secondary N) is 1. The molecule has 1 aromatic carbocycles. The summed E-state index contributed by atoms with van der Waals surface area (Å²) in [5.41, 5.74) is 6.66. The Morgan fingerprint density at radius 1 is 1.57 bits per heavy atom. The van der Waals surface area contributed by atoms with Crippen molar-refractivity contribution in [3.05, 3.63) is 29.8 Å². The molecule has 0 spiro atoms. The zero-order valence-corrected chi connectivity index (χ0v) is 9.30. The molecular formula is C10H16N2OS. The third-order valence-corrected chi connectivity index (χ3v) is 2.85. The van der Waals surface area contributed by atoms with E-state index in [1.807, 2.05) is 38.1 Å². The minimum Gasteiger partial charge on any atom is -0.327 e. The van der Waals surface area contributed by atoms with Crippen LogP contribution in [0.2, 0.25) is 0 Å². The predicted molar refractivity (Wildman–Crippen MR) is 59.2 cm³/mol. The van der Waals surface area contributed by atoms with Gasteiger partial charge in [-0.1, -0.05) is 12.1 Å². The fourth-order valence-electron chi connectivity index (χ4n) is 1.02. The molecular weight excluding hydrogens is 196 g/mol.